The maximum atomic E-state index is 13.9. The molecule has 0 amide bonds. The van der Waals surface area contributed by atoms with Gasteiger partial charge in [0.15, 0.2) is 6.23 Å². The van der Waals surface area contributed by atoms with Crippen LogP contribution in [0.25, 0.3) is 0 Å². The fourth-order valence-corrected chi connectivity index (χ4v) is 6.34. The molecule has 1 saturated heterocycles. The molecule has 2 heterocycles. The Morgan fingerprint density at radius 2 is 1.37 bits per heavy atom. The topological polar surface area (TPSA) is 71.1 Å². The second-order valence-electron chi connectivity index (χ2n) is 11.5. The van der Waals surface area contributed by atoms with E-state index >= 15 is 0 Å². The third-order valence-electron chi connectivity index (χ3n) is 8.65. The van der Waals surface area contributed by atoms with E-state index in [4.69, 9.17) is 15.9 Å². The van der Waals surface area contributed by atoms with E-state index in [9.17, 15) is 18.4 Å². The highest BCUT2D eigenvalue weighted by Crippen LogP contribution is 2.40. The van der Waals surface area contributed by atoms with E-state index in [2.05, 4.69) is 21.0 Å². The maximum Gasteiger partial charge on any atom is 0.338 e. The molecule has 0 aromatic heterocycles. The van der Waals surface area contributed by atoms with Crippen molar-refractivity contribution < 1.29 is 27.8 Å². The predicted molar refractivity (Wildman–Crippen MR) is 171 cm³/mol. The van der Waals surface area contributed by atoms with Gasteiger partial charge in [-0.1, -0.05) is 42.3 Å². The van der Waals surface area contributed by atoms with Gasteiger partial charge < -0.3 is 14.8 Å². The highest BCUT2D eigenvalue weighted by atomic mass is 19.1. The van der Waals surface area contributed by atoms with E-state index in [1.807, 2.05) is 13.0 Å². The van der Waals surface area contributed by atoms with Gasteiger partial charge in [0.2, 0.25) is 0 Å². The Kier molecular flexibility index (Phi) is 10.0. The van der Waals surface area contributed by atoms with Gasteiger partial charge in [-0.05, 0) is 73.9 Å². The Morgan fingerprint density at radius 3 is 1.89 bits per heavy atom. The number of hydrogen-bond acceptors (Lipinski definition) is 7. The zero-order chi connectivity index (χ0) is 33.0. The van der Waals surface area contributed by atoms with Gasteiger partial charge in [-0.2, -0.15) is 0 Å². The lowest BCUT2D eigenvalue weighted by Crippen LogP contribution is -2.51. The van der Waals surface area contributed by atoms with Gasteiger partial charge in [-0.3, -0.25) is 9.80 Å². The van der Waals surface area contributed by atoms with Crippen molar-refractivity contribution in [2.45, 2.75) is 39.0 Å². The van der Waals surface area contributed by atoms with E-state index in [1.54, 1.807) is 56.3 Å². The number of benzene rings is 3. The van der Waals surface area contributed by atoms with Crippen LogP contribution < -0.4 is 5.32 Å². The SMILES string of the molecule is C#Cc1cccc(C2C(C(=O)OC)=C(C)NC(C)=C2C(=O)OC(C)N2CCN(C(c3ccc(F)cc3)c3ccc(F)cc3)CC2)c1. The molecule has 0 radical (unpaired) electrons. The predicted octanol–water partition coefficient (Wildman–Crippen LogP) is 5.65. The number of carbonyl (C=O) groups excluding carboxylic acids is 2. The van der Waals surface area contributed by atoms with E-state index in [-0.39, 0.29) is 17.7 Å². The molecule has 9 heteroatoms. The van der Waals surface area contributed by atoms with Crippen molar-refractivity contribution in [3.8, 4) is 12.3 Å². The summed E-state index contributed by atoms with van der Waals surface area (Å²) in [5.41, 5.74) is 4.87. The molecule has 1 fully saturated rings. The van der Waals surface area contributed by atoms with Gasteiger partial charge in [-0.25, -0.2) is 18.4 Å². The number of terminal acetylenes is 1. The second kappa shape index (κ2) is 14.1. The molecule has 2 atom stereocenters. The van der Waals surface area contributed by atoms with Crippen molar-refractivity contribution in [2.75, 3.05) is 33.3 Å². The molecule has 2 aliphatic heterocycles. The molecular weight excluding hydrogens is 588 g/mol. The van der Waals surface area contributed by atoms with Crippen LogP contribution >= 0.6 is 0 Å². The number of nitrogens with zero attached hydrogens (tertiary/aromatic N) is 2. The van der Waals surface area contributed by atoms with E-state index in [1.165, 1.54) is 31.4 Å². The number of ether oxygens (including phenoxy) is 2. The lowest BCUT2D eigenvalue weighted by atomic mass is 9.80. The molecule has 7 nitrogen and oxygen atoms in total. The first kappa shape index (κ1) is 32.6. The molecular formula is C37H37F2N3O4. The summed E-state index contributed by atoms with van der Waals surface area (Å²) < 4.78 is 38.7. The number of carbonyl (C=O) groups is 2. The smallest absolute Gasteiger partial charge is 0.338 e. The van der Waals surface area contributed by atoms with Crippen LogP contribution in [-0.2, 0) is 19.1 Å². The highest BCUT2D eigenvalue weighted by molar-refractivity contribution is 6.00. The van der Waals surface area contributed by atoms with Gasteiger partial charge in [0.05, 0.1) is 30.2 Å². The fourth-order valence-electron chi connectivity index (χ4n) is 6.34. The molecule has 3 aromatic rings. The molecule has 0 bridgehead atoms. The second-order valence-corrected chi connectivity index (χ2v) is 11.5. The first-order valence-corrected chi connectivity index (χ1v) is 15.1. The summed E-state index contributed by atoms with van der Waals surface area (Å²) >= 11 is 0. The summed E-state index contributed by atoms with van der Waals surface area (Å²) in [4.78, 5) is 31.3. The maximum absolute atomic E-state index is 13.9. The zero-order valence-electron chi connectivity index (χ0n) is 26.3. The third-order valence-corrected chi connectivity index (χ3v) is 8.65. The molecule has 2 unspecified atom stereocenters. The van der Waals surface area contributed by atoms with E-state index < -0.39 is 24.1 Å². The Balaban J connectivity index is 1.34. The van der Waals surface area contributed by atoms with Gasteiger partial charge >= 0.3 is 11.9 Å². The number of dihydropyridines is 1. The number of esters is 2. The normalized spacial score (nSPS) is 18.2. The summed E-state index contributed by atoms with van der Waals surface area (Å²) in [5, 5.41) is 3.16. The van der Waals surface area contributed by atoms with E-state index in [0.29, 0.717) is 59.8 Å². The molecule has 238 valence electrons. The molecule has 0 aliphatic carbocycles. The lowest BCUT2D eigenvalue weighted by molar-refractivity contribution is -0.155. The Hall–Kier alpha value is -4.78. The summed E-state index contributed by atoms with van der Waals surface area (Å²) in [6.45, 7) is 7.80. The molecule has 2 aliphatic rings. The van der Waals surface area contributed by atoms with Crippen molar-refractivity contribution in [3.63, 3.8) is 0 Å². The van der Waals surface area contributed by atoms with Crippen molar-refractivity contribution in [3.05, 3.63) is 129 Å². The summed E-state index contributed by atoms with van der Waals surface area (Å²) in [5.74, 6) is 0.117. The van der Waals surface area contributed by atoms with Crippen LogP contribution in [0.2, 0.25) is 0 Å². The van der Waals surface area contributed by atoms with Crippen molar-refractivity contribution >= 4 is 11.9 Å². The number of piperazine rings is 1. The summed E-state index contributed by atoms with van der Waals surface area (Å²) in [7, 11) is 1.30. The van der Waals surface area contributed by atoms with Crippen LogP contribution in [-0.4, -0.2) is 61.3 Å². The average molecular weight is 626 g/mol. The summed E-state index contributed by atoms with van der Waals surface area (Å²) in [6.07, 6.45) is 5.09. The molecule has 5 rings (SSSR count). The van der Waals surface area contributed by atoms with Gasteiger partial charge in [0.25, 0.3) is 0 Å². The van der Waals surface area contributed by atoms with Crippen molar-refractivity contribution in [1.29, 1.82) is 0 Å². The van der Waals surface area contributed by atoms with Gasteiger partial charge in [0, 0.05) is 43.1 Å². The average Bonchev–Trinajstić information content (AvgIpc) is 3.06. The Bertz CT molecular complexity index is 1660. The number of nitrogens with one attached hydrogen (secondary N) is 1. The van der Waals surface area contributed by atoms with Crippen LogP contribution in [0.5, 0.6) is 0 Å². The Morgan fingerprint density at radius 1 is 0.848 bits per heavy atom. The van der Waals surface area contributed by atoms with Gasteiger partial charge in [-0.15, -0.1) is 6.42 Å². The van der Waals surface area contributed by atoms with Crippen LogP contribution in [0.1, 0.15) is 55.0 Å². The number of halogens is 2. The van der Waals surface area contributed by atoms with Gasteiger partial charge in [0.1, 0.15) is 11.6 Å². The van der Waals surface area contributed by atoms with Crippen LogP contribution in [0, 0.1) is 24.0 Å². The third kappa shape index (κ3) is 6.89. The monoisotopic (exact) mass is 625 g/mol. The minimum absolute atomic E-state index is 0.200. The van der Waals surface area contributed by atoms with Crippen molar-refractivity contribution in [1.82, 2.24) is 15.1 Å². The largest absolute Gasteiger partial charge is 0.466 e. The number of methoxy groups -OCH3 is 1. The van der Waals surface area contributed by atoms with Crippen molar-refractivity contribution in [2.24, 2.45) is 0 Å². The molecule has 0 spiro atoms. The lowest BCUT2D eigenvalue weighted by Gasteiger charge is -2.41. The molecule has 1 N–H and O–H groups in total. The van der Waals surface area contributed by atoms with Crippen LogP contribution in [0.3, 0.4) is 0 Å². The quantitative estimate of drug-likeness (QED) is 0.256. The number of allylic oxidation sites excluding steroid dienone is 2. The first-order chi connectivity index (χ1) is 22.1. The summed E-state index contributed by atoms with van der Waals surface area (Å²) in [6, 6.07) is 19.7. The van der Waals surface area contributed by atoms with E-state index in [0.717, 1.165) is 11.1 Å². The van der Waals surface area contributed by atoms with Crippen LogP contribution in [0.4, 0.5) is 8.78 Å². The highest BCUT2D eigenvalue weighted by Gasteiger charge is 2.39. The number of hydrogen-bond donors (Lipinski definition) is 1. The first-order valence-electron chi connectivity index (χ1n) is 15.1. The fraction of sp³-hybridized carbons (Fsp3) is 0.297. The number of rotatable bonds is 8. The minimum Gasteiger partial charge on any atom is -0.466 e. The van der Waals surface area contributed by atoms with Crippen LogP contribution in [0.15, 0.2) is 95.3 Å². The molecule has 46 heavy (non-hydrogen) atoms. The molecule has 3 aromatic carbocycles. The standard InChI is InChI=1S/C37H37F2N3O4/c1-6-26-8-7-9-29(22-26)34-32(36(43)45-5)23(2)40-24(3)33(34)37(44)46-25(4)41-18-20-42(21-19-41)35(27-10-14-30(38)15-11-27)28-12-16-31(39)17-13-28/h1,7-17,22,25,34-35,40H,18-21H2,2-5H3. The zero-order valence-corrected chi connectivity index (χ0v) is 26.3. The minimum atomic E-state index is -0.745. The Labute approximate surface area is 268 Å². The molecule has 0 saturated carbocycles.